The number of hydrogen-bond acceptors (Lipinski definition) is 2. The Bertz CT molecular complexity index is 1090. The van der Waals surface area contributed by atoms with Gasteiger partial charge in [-0.05, 0) is 56.4 Å². The van der Waals surface area contributed by atoms with Gasteiger partial charge >= 0.3 is 0 Å². The van der Waals surface area contributed by atoms with Crippen molar-refractivity contribution in [2.45, 2.75) is 6.10 Å². The summed E-state index contributed by atoms with van der Waals surface area (Å²) in [6.07, 6.45) is 0.176. The maximum Gasteiger partial charge on any atom is 0.119 e. The molecular formula is C23H18O2. The van der Waals surface area contributed by atoms with E-state index < -0.39 is 0 Å². The van der Waals surface area contributed by atoms with E-state index in [1.807, 2.05) is 6.07 Å². The van der Waals surface area contributed by atoms with Crippen molar-refractivity contribution in [1.29, 1.82) is 0 Å². The second-order valence-electron chi connectivity index (χ2n) is 6.47. The van der Waals surface area contributed by atoms with Crippen LogP contribution in [0.5, 0.6) is 5.75 Å². The molecule has 0 spiro atoms. The Kier molecular flexibility index (Phi) is 3.25. The van der Waals surface area contributed by atoms with Gasteiger partial charge in [0, 0.05) is 0 Å². The van der Waals surface area contributed by atoms with Crippen LogP contribution in [-0.2, 0) is 4.74 Å². The van der Waals surface area contributed by atoms with Crippen LogP contribution < -0.4 is 4.74 Å². The van der Waals surface area contributed by atoms with E-state index in [2.05, 4.69) is 66.7 Å². The van der Waals surface area contributed by atoms with Gasteiger partial charge in [-0.25, -0.2) is 0 Å². The maximum absolute atomic E-state index is 5.60. The van der Waals surface area contributed by atoms with Crippen molar-refractivity contribution in [2.75, 3.05) is 13.7 Å². The molecule has 0 saturated carbocycles. The third-order valence-corrected chi connectivity index (χ3v) is 5.00. The highest BCUT2D eigenvalue weighted by Crippen LogP contribution is 2.42. The van der Waals surface area contributed by atoms with Crippen molar-refractivity contribution in [3.8, 4) is 16.9 Å². The van der Waals surface area contributed by atoms with Crippen LogP contribution in [-0.4, -0.2) is 13.7 Å². The van der Waals surface area contributed by atoms with Crippen molar-refractivity contribution in [3.63, 3.8) is 0 Å². The van der Waals surface area contributed by atoms with Crippen LogP contribution >= 0.6 is 0 Å². The minimum Gasteiger partial charge on any atom is -0.497 e. The number of ether oxygens (including phenoxy) is 2. The molecule has 0 aromatic heterocycles. The van der Waals surface area contributed by atoms with E-state index in [9.17, 15) is 0 Å². The van der Waals surface area contributed by atoms with Crippen LogP contribution in [0.1, 0.15) is 11.7 Å². The molecule has 4 aromatic rings. The molecule has 0 amide bonds. The third-order valence-electron chi connectivity index (χ3n) is 5.00. The van der Waals surface area contributed by atoms with Crippen molar-refractivity contribution in [2.24, 2.45) is 0 Å². The van der Waals surface area contributed by atoms with Gasteiger partial charge < -0.3 is 9.47 Å². The van der Waals surface area contributed by atoms with Gasteiger partial charge in [0.25, 0.3) is 0 Å². The number of rotatable bonds is 3. The van der Waals surface area contributed by atoms with Crippen LogP contribution in [0.4, 0.5) is 0 Å². The number of epoxide rings is 1. The second kappa shape index (κ2) is 5.61. The van der Waals surface area contributed by atoms with E-state index in [-0.39, 0.29) is 6.10 Å². The second-order valence-corrected chi connectivity index (χ2v) is 6.47. The minimum atomic E-state index is 0.176. The van der Waals surface area contributed by atoms with Gasteiger partial charge in [-0.1, -0.05) is 54.6 Å². The summed E-state index contributed by atoms with van der Waals surface area (Å²) in [6, 6.07) is 25.8. The molecule has 25 heavy (non-hydrogen) atoms. The van der Waals surface area contributed by atoms with E-state index in [0.717, 1.165) is 12.4 Å². The Labute approximate surface area is 146 Å². The first-order chi connectivity index (χ1) is 12.3. The van der Waals surface area contributed by atoms with E-state index in [4.69, 9.17) is 9.47 Å². The molecule has 1 heterocycles. The van der Waals surface area contributed by atoms with Gasteiger partial charge in [-0.3, -0.25) is 0 Å². The Morgan fingerprint density at radius 1 is 0.800 bits per heavy atom. The Hall–Kier alpha value is -2.84. The largest absolute Gasteiger partial charge is 0.497 e. The highest BCUT2D eigenvalue weighted by atomic mass is 16.6. The molecule has 1 saturated heterocycles. The maximum atomic E-state index is 5.60. The van der Waals surface area contributed by atoms with Crippen molar-refractivity contribution in [1.82, 2.24) is 0 Å². The summed E-state index contributed by atoms with van der Waals surface area (Å²) >= 11 is 0. The van der Waals surface area contributed by atoms with E-state index in [1.165, 1.54) is 38.2 Å². The fourth-order valence-corrected chi connectivity index (χ4v) is 3.68. The molecule has 1 aliphatic heterocycles. The molecule has 1 unspecified atom stereocenters. The van der Waals surface area contributed by atoms with E-state index in [1.54, 1.807) is 7.11 Å². The summed E-state index contributed by atoms with van der Waals surface area (Å²) in [5.41, 5.74) is 3.69. The lowest BCUT2D eigenvalue weighted by atomic mass is 9.90. The number of benzene rings is 4. The van der Waals surface area contributed by atoms with Crippen LogP contribution in [0.3, 0.4) is 0 Å². The topological polar surface area (TPSA) is 21.8 Å². The van der Waals surface area contributed by atoms with Crippen LogP contribution in [0.25, 0.3) is 32.7 Å². The Balaban J connectivity index is 1.86. The van der Waals surface area contributed by atoms with Gasteiger partial charge in [-0.2, -0.15) is 0 Å². The zero-order valence-electron chi connectivity index (χ0n) is 14.0. The smallest absolute Gasteiger partial charge is 0.119 e. The normalized spacial score (nSPS) is 16.3. The molecule has 0 radical (unpaired) electrons. The molecule has 122 valence electrons. The fourth-order valence-electron chi connectivity index (χ4n) is 3.68. The van der Waals surface area contributed by atoms with E-state index in [0.29, 0.717) is 0 Å². The molecule has 1 atom stereocenters. The van der Waals surface area contributed by atoms with Crippen molar-refractivity contribution >= 4 is 21.5 Å². The lowest BCUT2D eigenvalue weighted by molar-refractivity contribution is 0.405. The Morgan fingerprint density at radius 3 is 2.28 bits per heavy atom. The monoisotopic (exact) mass is 326 g/mol. The predicted octanol–water partition coefficient (Wildman–Crippen LogP) is 5.74. The quantitative estimate of drug-likeness (QED) is 0.354. The van der Waals surface area contributed by atoms with Crippen LogP contribution in [0, 0.1) is 0 Å². The molecule has 4 aromatic carbocycles. The summed E-state index contributed by atoms with van der Waals surface area (Å²) in [5, 5.41) is 5.11. The molecule has 5 rings (SSSR count). The average molecular weight is 326 g/mol. The zero-order valence-corrected chi connectivity index (χ0v) is 14.0. The highest BCUT2D eigenvalue weighted by Gasteiger charge is 2.28. The molecular weight excluding hydrogens is 308 g/mol. The van der Waals surface area contributed by atoms with Gasteiger partial charge in [0.15, 0.2) is 0 Å². The first-order valence-corrected chi connectivity index (χ1v) is 8.55. The summed E-state index contributed by atoms with van der Waals surface area (Å²) < 4.78 is 11.0. The molecule has 1 fully saturated rings. The summed E-state index contributed by atoms with van der Waals surface area (Å²) in [5.74, 6) is 0.874. The van der Waals surface area contributed by atoms with Gasteiger partial charge in [0.1, 0.15) is 11.9 Å². The highest BCUT2D eigenvalue weighted by molar-refractivity contribution is 6.14. The van der Waals surface area contributed by atoms with Crippen molar-refractivity contribution < 1.29 is 9.47 Å². The predicted molar refractivity (Wildman–Crippen MR) is 102 cm³/mol. The average Bonchev–Trinajstić information content (AvgIpc) is 3.52. The van der Waals surface area contributed by atoms with Gasteiger partial charge in [0.2, 0.25) is 0 Å². The van der Waals surface area contributed by atoms with Gasteiger partial charge in [-0.15, -0.1) is 0 Å². The first kappa shape index (κ1) is 14.5. The molecule has 2 heteroatoms. The summed E-state index contributed by atoms with van der Waals surface area (Å²) in [4.78, 5) is 0. The lowest BCUT2D eigenvalue weighted by Gasteiger charge is -2.14. The van der Waals surface area contributed by atoms with E-state index >= 15 is 0 Å². The summed E-state index contributed by atoms with van der Waals surface area (Å²) in [7, 11) is 1.71. The van der Waals surface area contributed by atoms with Crippen molar-refractivity contribution in [3.05, 3.63) is 78.4 Å². The van der Waals surface area contributed by atoms with Crippen LogP contribution in [0.2, 0.25) is 0 Å². The van der Waals surface area contributed by atoms with Gasteiger partial charge in [0.05, 0.1) is 13.7 Å². The first-order valence-electron chi connectivity index (χ1n) is 8.55. The third kappa shape index (κ3) is 2.38. The SMILES string of the molecule is COc1ccc(-c2cc3ccccc3c3ccccc23)c(C2CO2)c1. The fraction of sp³-hybridized carbons (Fsp3) is 0.130. The molecule has 0 N–H and O–H groups in total. The zero-order chi connectivity index (χ0) is 16.8. The molecule has 0 aliphatic carbocycles. The minimum absolute atomic E-state index is 0.176. The molecule has 1 aliphatic rings. The van der Waals surface area contributed by atoms with Crippen LogP contribution in [0.15, 0.2) is 72.8 Å². The Morgan fingerprint density at radius 2 is 1.52 bits per heavy atom. The number of fused-ring (bicyclic) bond motifs is 3. The standard InChI is InChI=1S/C23H18O2/c1-24-16-10-11-20(22(13-16)23-14-25-23)21-12-15-6-2-3-7-17(15)18-8-4-5-9-19(18)21/h2-13,23H,14H2,1H3. The lowest BCUT2D eigenvalue weighted by Crippen LogP contribution is -1.92. The molecule has 2 nitrogen and oxygen atoms in total. The number of hydrogen-bond donors (Lipinski definition) is 0. The number of methoxy groups -OCH3 is 1. The summed E-state index contributed by atoms with van der Waals surface area (Å²) in [6.45, 7) is 0.783. The molecule has 0 bridgehead atoms.